The van der Waals surface area contributed by atoms with Gasteiger partial charge in [-0.05, 0) is 39.4 Å². The van der Waals surface area contributed by atoms with Gasteiger partial charge in [0.2, 0.25) is 10.1 Å². The second kappa shape index (κ2) is 7.54. The van der Waals surface area contributed by atoms with Crippen LogP contribution in [0.2, 0.25) is 5.02 Å². The Morgan fingerprint density at radius 2 is 1.79 bits per heavy atom. The molecule has 0 radical (unpaired) electrons. The first-order chi connectivity index (χ1) is 13.3. The van der Waals surface area contributed by atoms with Crippen LogP contribution in [0.25, 0.3) is 16.2 Å². The second-order valence-electron chi connectivity index (χ2n) is 8.19. The van der Waals surface area contributed by atoms with Crippen LogP contribution in [-0.2, 0) is 0 Å². The average molecular weight is 419 g/mol. The van der Waals surface area contributed by atoms with Gasteiger partial charge >= 0.3 is 0 Å². The van der Waals surface area contributed by atoms with E-state index in [0.29, 0.717) is 0 Å². The molecule has 3 heterocycles. The summed E-state index contributed by atoms with van der Waals surface area (Å²) in [6.45, 7) is 14.0. The maximum atomic E-state index is 6.07. The summed E-state index contributed by atoms with van der Waals surface area (Å²) in [7, 11) is 0. The van der Waals surface area contributed by atoms with Crippen molar-refractivity contribution in [3.8, 4) is 11.3 Å². The minimum absolute atomic E-state index is 0.104. The molecule has 0 unspecified atom stereocenters. The molecule has 1 fully saturated rings. The number of rotatable bonds is 4. The Morgan fingerprint density at radius 1 is 1.11 bits per heavy atom. The molecule has 8 heteroatoms. The van der Waals surface area contributed by atoms with Crippen molar-refractivity contribution in [1.82, 2.24) is 19.5 Å². The van der Waals surface area contributed by atoms with E-state index >= 15 is 0 Å². The number of fused-ring (bicyclic) bond motifs is 1. The number of anilines is 2. The predicted octanol–water partition coefficient (Wildman–Crippen LogP) is 4.46. The van der Waals surface area contributed by atoms with Crippen LogP contribution in [0.15, 0.2) is 24.3 Å². The number of aromatic nitrogens is 3. The zero-order valence-electron chi connectivity index (χ0n) is 16.9. The molecule has 0 amide bonds. The van der Waals surface area contributed by atoms with E-state index in [2.05, 4.69) is 42.8 Å². The molecule has 4 rings (SSSR count). The Morgan fingerprint density at radius 3 is 2.39 bits per heavy atom. The first kappa shape index (κ1) is 19.5. The van der Waals surface area contributed by atoms with Crippen LogP contribution in [0.5, 0.6) is 0 Å². The molecule has 150 valence electrons. The fourth-order valence-corrected chi connectivity index (χ4v) is 4.48. The number of benzene rings is 1. The summed E-state index contributed by atoms with van der Waals surface area (Å²) < 4.78 is 1.96. The third-order valence-corrected chi connectivity index (χ3v) is 6.12. The number of hydrogen-bond donors (Lipinski definition) is 1. The van der Waals surface area contributed by atoms with E-state index < -0.39 is 0 Å². The molecule has 0 aliphatic carbocycles. The van der Waals surface area contributed by atoms with Crippen LogP contribution in [-0.4, -0.2) is 57.8 Å². The van der Waals surface area contributed by atoms with Crippen molar-refractivity contribution in [2.45, 2.75) is 33.2 Å². The van der Waals surface area contributed by atoms with Gasteiger partial charge in [-0.1, -0.05) is 42.0 Å². The van der Waals surface area contributed by atoms with Crippen LogP contribution in [0, 0.1) is 0 Å². The first-order valence-electron chi connectivity index (χ1n) is 9.75. The third kappa shape index (κ3) is 3.97. The molecule has 1 aromatic carbocycles. The van der Waals surface area contributed by atoms with E-state index in [-0.39, 0.29) is 5.54 Å². The van der Waals surface area contributed by atoms with Crippen LogP contribution >= 0.6 is 22.9 Å². The maximum absolute atomic E-state index is 6.07. The summed E-state index contributed by atoms with van der Waals surface area (Å²) in [4.78, 5) is 10.7. The zero-order chi connectivity index (χ0) is 19.9. The van der Waals surface area contributed by atoms with Gasteiger partial charge in [-0.2, -0.15) is 4.52 Å². The second-order valence-corrected chi connectivity index (χ2v) is 9.56. The summed E-state index contributed by atoms with van der Waals surface area (Å²) in [5.74, 6) is 0.930. The number of likely N-dealkylation sites (N-methyl/N-ethyl adjacent to an activating group) is 1. The Labute approximate surface area is 175 Å². The number of nitrogens with zero attached hydrogens (tertiary/aromatic N) is 5. The first-order valence-corrected chi connectivity index (χ1v) is 10.9. The minimum Gasteiger partial charge on any atom is -0.364 e. The SMILES string of the molecule is CCN1CCN(c2nn3c(NC(C)(C)C)c(-c4ccc(Cl)cc4)nc3s2)CC1. The monoisotopic (exact) mass is 418 g/mol. The number of halogens is 1. The lowest BCUT2D eigenvalue weighted by Crippen LogP contribution is -2.46. The predicted molar refractivity (Wildman–Crippen MR) is 119 cm³/mol. The highest BCUT2D eigenvalue weighted by Crippen LogP contribution is 2.35. The van der Waals surface area contributed by atoms with E-state index in [4.69, 9.17) is 21.7 Å². The Bertz CT molecular complexity index is 948. The van der Waals surface area contributed by atoms with Crippen LogP contribution < -0.4 is 10.2 Å². The van der Waals surface area contributed by atoms with Crippen molar-refractivity contribution in [2.24, 2.45) is 0 Å². The van der Waals surface area contributed by atoms with Gasteiger partial charge in [0.25, 0.3) is 0 Å². The van der Waals surface area contributed by atoms with Crippen molar-refractivity contribution in [3.63, 3.8) is 0 Å². The van der Waals surface area contributed by atoms with Crippen molar-refractivity contribution in [3.05, 3.63) is 29.3 Å². The van der Waals surface area contributed by atoms with Gasteiger partial charge in [0.1, 0.15) is 5.69 Å². The molecule has 0 atom stereocenters. The highest BCUT2D eigenvalue weighted by molar-refractivity contribution is 7.20. The fourth-order valence-electron chi connectivity index (χ4n) is 3.40. The third-order valence-electron chi connectivity index (χ3n) is 4.89. The van der Waals surface area contributed by atoms with E-state index in [1.165, 1.54) is 0 Å². The van der Waals surface area contributed by atoms with Crippen molar-refractivity contribution < 1.29 is 0 Å². The van der Waals surface area contributed by atoms with E-state index in [1.807, 2.05) is 28.8 Å². The smallest absolute Gasteiger partial charge is 0.216 e. The topological polar surface area (TPSA) is 48.7 Å². The van der Waals surface area contributed by atoms with Gasteiger partial charge in [-0.15, -0.1) is 5.10 Å². The molecule has 1 aliphatic rings. The molecule has 6 nitrogen and oxygen atoms in total. The molecule has 1 saturated heterocycles. The van der Waals surface area contributed by atoms with Crippen LogP contribution in [0.1, 0.15) is 27.7 Å². The molecule has 0 bridgehead atoms. The van der Waals surface area contributed by atoms with E-state index in [0.717, 1.165) is 64.9 Å². The molecule has 1 aliphatic heterocycles. The molecular weight excluding hydrogens is 392 g/mol. The fraction of sp³-hybridized carbons (Fsp3) is 0.500. The Hall–Kier alpha value is -1.83. The number of hydrogen-bond acceptors (Lipinski definition) is 6. The minimum atomic E-state index is -0.104. The summed E-state index contributed by atoms with van der Waals surface area (Å²) in [6, 6.07) is 7.82. The number of imidazole rings is 1. The molecule has 28 heavy (non-hydrogen) atoms. The molecule has 2 aromatic heterocycles. The molecule has 3 aromatic rings. The molecule has 1 N–H and O–H groups in total. The lowest BCUT2D eigenvalue weighted by atomic mass is 10.1. The van der Waals surface area contributed by atoms with E-state index in [9.17, 15) is 0 Å². The van der Waals surface area contributed by atoms with Crippen molar-refractivity contribution >= 4 is 38.8 Å². The molecular formula is C20H27ClN6S. The van der Waals surface area contributed by atoms with Crippen molar-refractivity contribution in [1.29, 1.82) is 0 Å². The largest absolute Gasteiger partial charge is 0.364 e. The van der Waals surface area contributed by atoms with Gasteiger partial charge in [0.05, 0.1) is 0 Å². The summed E-state index contributed by atoms with van der Waals surface area (Å²) in [5, 5.41) is 10.3. The van der Waals surface area contributed by atoms with Gasteiger partial charge in [-0.3, -0.25) is 0 Å². The van der Waals surface area contributed by atoms with E-state index in [1.54, 1.807) is 11.3 Å². The summed E-state index contributed by atoms with van der Waals surface area (Å²) in [5.41, 5.74) is 1.84. The normalized spacial score (nSPS) is 16.1. The number of piperazine rings is 1. The lowest BCUT2D eigenvalue weighted by Gasteiger charge is -2.33. The van der Waals surface area contributed by atoms with Gasteiger partial charge in [-0.25, -0.2) is 4.98 Å². The van der Waals surface area contributed by atoms with Gasteiger partial charge in [0.15, 0.2) is 5.82 Å². The lowest BCUT2D eigenvalue weighted by molar-refractivity contribution is 0.271. The highest BCUT2D eigenvalue weighted by Gasteiger charge is 2.25. The van der Waals surface area contributed by atoms with Crippen LogP contribution in [0.4, 0.5) is 10.9 Å². The molecule has 0 saturated carbocycles. The van der Waals surface area contributed by atoms with Gasteiger partial charge < -0.3 is 15.1 Å². The zero-order valence-corrected chi connectivity index (χ0v) is 18.4. The highest BCUT2D eigenvalue weighted by atomic mass is 35.5. The van der Waals surface area contributed by atoms with Crippen LogP contribution in [0.3, 0.4) is 0 Å². The maximum Gasteiger partial charge on any atom is 0.216 e. The molecule has 0 spiro atoms. The van der Waals surface area contributed by atoms with Gasteiger partial charge in [0, 0.05) is 42.3 Å². The Balaban J connectivity index is 1.72. The Kier molecular flexibility index (Phi) is 5.24. The standard InChI is InChI=1S/C20H27ClN6S/c1-5-25-10-12-26(13-11-25)19-24-27-17(23-20(2,3)4)16(22-18(27)28-19)14-6-8-15(21)9-7-14/h6-9,23H,5,10-13H2,1-4H3. The summed E-state index contributed by atoms with van der Waals surface area (Å²) >= 11 is 7.72. The summed E-state index contributed by atoms with van der Waals surface area (Å²) in [6.07, 6.45) is 0. The number of nitrogens with one attached hydrogen (secondary N) is 1. The average Bonchev–Trinajstić information content (AvgIpc) is 3.21. The van der Waals surface area contributed by atoms with Crippen molar-refractivity contribution in [2.75, 3.05) is 42.9 Å². The quantitative estimate of drug-likeness (QED) is 0.677.